The van der Waals surface area contributed by atoms with E-state index in [1.54, 1.807) is 29.3 Å². The van der Waals surface area contributed by atoms with Crippen LogP contribution in [-0.4, -0.2) is 69.6 Å². The van der Waals surface area contributed by atoms with Gasteiger partial charge in [0.25, 0.3) is 0 Å². The van der Waals surface area contributed by atoms with Crippen molar-refractivity contribution in [2.75, 3.05) is 33.4 Å². The summed E-state index contributed by atoms with van der Waals surface area (Å²) in [4.78, 5) is 34.6. The minimum atomic E-state index is -0.896. The van der Waals surface area contributed by atoms with Crippen LogP contribution in [0.25, 0.3) is 5.69 Å². The van der Waals surface area contributed by atoms with Crippen LogP contribution in [0.1, 0.15) is 48.5 Å². The molecule has 3 aromatic rings. The van der Waals surface area contributed by atoms with Gasteiger partial charge >= 0.3 is 0 Å². The number of aryl methyl sites for hydroxylation is 1. The van der Waals surface area contributed by atoms with E-state index >= 15 is 0 Å². The van der Waals surface area contributed by atoms with Crippen molar-refractivity contribution in [3.63, 3.8) is 0 Å². The molecule has 2 unspecified atom stereocenters. The molecule has 0 saturated carbocycles. The van der Waals surface area contributed by atoms with E-state index in [1.165, 1.54) is 19.1 Å². The number of imidazole rings is 1. The van der Waals surface area contributed by atoms with Crippen molar-refractivity contribution >= 4 is 23.4 Å². The zero-order chi connectivity index (χ0) is 27.9. The number of amides is 2. The highest BCUT2D eigenvalue weighted by atomic mass is 35.5. The Hall–Kier alpha value is -3.43. The number of methoxy groups -OCH3 is 1. The molecule has 2 saturated heterocycles. The van der Waals surface area contributed by atoms with Crippen LogP contribution in [0.2, 0.25) is 5.02 Å². The topological polar surface area (TPSA) is 87.9 Å². The summed E-state index contributed by atoms with van der Waals surface area (Å²) < 4.78 is 21.8. The van der Waals surface area contributed by atoms with Gasteiger partial charge in [0.05, 0.1) is 42.9 Å². The number of carbonyl (C=O) groups is 2. The van der Waals surface area contributed by atoms with Crippen LogP contribution in [0.4, 0.5) is 4.39 Å². The van der Waals surface area contributed by atoms with E-state index in [2.05, 4.69) is 4.98 Å². The molecule has 0 bridgehead atoms. The summed E-state index contributed by atoms with van der Waals surface area (Å²) >= 11 is 6.10. The lowest BCUT2D eigenvalue weighted by atomic mass is 9.68. The first-order chi connectivity index (χ1) is 18.7. The van der Waals surface area contributed by atoms with Gasteiger partial charge in [-0.25, -0.2) is 9.37 Å². The van der Waals surface area contributed by atoms with Crippen LogP contribution in [-0.2, 0) is 9.59 Å². The van der Waals surface area contributed by atoms with E-state index in [9.17, 15) is 19.1 Å². The number of aliphatic hydroxyl groups excluding tert-OH is 1. The Morgan fingerprint density at radius 3 is 2.74 bits per heavy atom. The van der Waals surface area contributed by atoms with Crippen molar-refractivity contribution in [3.8, 4) is 11.4 Å². The number of rotatable bonds is 6. The van der Waals surface area contributed by atoms with E-state index < -0.39 is 17.3 Å². The Balaban J connectivity index is 1.55. The van der Waals surface area contributed by atoms with Crippen molar-refractivity contribution in [2.24, 2.45) is 5.41 Å². The third-order valence-corrected chi connectivity index (χ3v) is 8.33. The molecule has 3 heterocycles. The van der Waals surface area contributed by atoms with Crippen molar-refractivity contribution < 1.29 is 23.8 Å². The number of hydrogen-bond donors (Lipinski definition) is 1. The molecule has 1 N–H and O–H groups in total. The smallest absolute Gasteiger partial charge is 0.231 e. The van der Waals surface area contributed by atoms with E-state index in [0.29, 0.717) is 37.2 Å². The van der Waals surface area contributed by atoms with E-state index in [1.807, 2.05) is 35.9 Å². The average Bonchev–Trinajstić information content (AvgIpc) is 3.51. The van der Waals surface area contributed by atoms with Gasteiger partial charge < -0.3 is 24.2 Å². The molecule has 8 nitrogen and oxygen atoms in total. The van der Waals surface area contributed by atoms with E-state index in [4.69, 9.17) is 16.3 Å². The highest BCUT2D eigenvalue weighted by Crippen LogP contribution is 2.51. The van der Waals surface area contributed by atoms with Crippen LogP contribution < -0.4 is 4.74 Å². The molecule has 3 atom stereocenters. The lowest BCUT2D eigenvalue weighted by Crippen LogP contribution is -2.53. The number of hydrogen-bond acceptors (Lipinski definition) is 5. The number of ether oxygens (including phenoxy) is 1. The first kappa shape index (κ1) is 27.1. The summed E-state index contributed by atoms with van der Waals surface area (Å²) in [6, 6.07) is 9.17. The molecule has 0 aliphatic carbocycles. The normalized spacial score (nSPS) is 22.0. The summed E-state index contributed by atoms with van der Waals surface area (Å²) in [6.07, 6.45) is 4.89. The third kappa shape index (κ3) is 4.89. The van der Waals surface area contributed by atoms with Gasteiger partial charge in [0.1, 0.15) is 11.6 Å². The molecule has 2 amide bonds. The average molecular weight is 555 g/mol. The van der Waals surface area contributed by atoms with Crippen LogP contribution >= 0.6 is 11.6 Å². The van der Waals surface area contributed by atoms with Crippen molar-refractivity contribution in [2.45, 2.75) is 38.6 Å². The van der Waals surface area contributed by atoms with Crippen molar-refractivity contribution in [1.29, 1.82) is 0 Å². The van der Waals surface area contributed by atoms with Crippen LogP contribution in [0.15, 0.2) is 48.9 Å². The highest BCUT2D eigenvalue weighted by Gasteiger charge is 2.56. The second kappa shape index (κ2) is 10.6. The summed E-state index contributed by atoms with van der Waals surface area (Å²) in [5, 5.41) is 10.5. The fourth-order valence-electron chi connectivity index (χ4n) is 6.23. The molecule has 2 aliphatic rings. The fourth-order valence-corrected chi connectivity index (χ4v) is 6.46. The Morgan fingerprint density at radius 2 is 2.10 bits per heavy atom. The predicted octanol–water partition coefficient (Wildman–Crippen LogP) is 4.27. The van der Waals surface area contributed by atoms with Gasteiger partial charge in [0.2, 0.25) is 11.8 Å². The Morgan fingerprint density at radius 1 is 1.31 bits per heavy atom. The SMILES string of the molecule is COc1cc(C2CN(C(C)=O)CC23CCCN([C@@H](CO)c2cc(F)cc(Cl)c2)C3=O)ccc1-n1cnc(C)c1. The number of piperidine rings is 1. The zero-order valence-corrected chi connectivity index (χ0v) is 23.0. The standard InChI is InChI=1S/C29H32ClFN4O4/c1-18-13-34(17-32-18)25-6-5-20(11-27(25)39-3)24-14-33(19(2)37)16-29(24)7-4-8-35(28(29)38)26(15-36)21-9-22(30)12-23(31)10-21/h5-6,9-13,17,24,26,36H,4,7-8,14-16H2,1-3H3/t24?,26-,29?/m0/s1. The van der Waals surface area contributed by atoms with Crippen molar-refractivity contribution in [1.82, 2.24) is 19.4 Å². The first-order valence-electron chi connectivity index (χ1n) is 13.0. The van der Waals surface area contributed by atoms with Gasteiger partial charge in [-0.1, -0.05) is 17.7 Å². The van der Waals surface area contributed by atoms with Gasteiger partial charge in [0, 0.05) is 43.7 Å². The molecule has 1 spiro atoms. The number of aliphatic hydroxyl groups is 1. The minimum Gasteiger partial charge on any atom is -0.495 e. The molecular weight excluding hydrogens is 523 g/mol. The molecule has 39 heavy (non-hydrogen) atoms. The number of halogens is 2. The predicted molar refractivity (Wildman–Crippen MR) is 144 cm³/mol. The molecule has 2 aliphatic heterocycles. The lowest BCUT2D eigenvalue weighted by Gasteiger charge is -2.45. The second-order valence-electron chi connectivity index (χ2n) is 10.5. The molecular formula is C29H32ClFN4O4. The molecule has 2 fully saturated rings. The van der Waals surface area contributed by atoms with E-state index in [-0.39, 0.29) is 35.9 Å². The Kier molecular flexibility index (Phi) is 7.39. The molecule has 206 valence electrons. The molecule has 0 radical (unpaired) electrons. The number of carbonyl (C=O) groups excluding carboxylic acids is 2. The number of benzene rings is 2. The second-order valence-corrected chi connectivity index (χ2v) is 10.9. The summed E-state index contributed by atoms with van der Waals surface area (Å²) in [7, 11) is 1.60. The lowest BCUT2D eigenvalue weighted by molar-refractivity contribution is -0.151. The van der Waals surface area contributed by atoms with Gasteiger partial charge in [-0.3, -0.25) is 9.59 Å². The summed E-state index contributed by atoms with van der Waals surface area (Å²) in [5.74, 6) is -0.453. The summed E-state index contributed by atoms with van der Waals surface area (Å²) in [6.45, 7) is 4.11. The molecule has 10 heteroatoms. The van der Waals surface area contributed by atoms with Gasteiger partial charge in [-0.2, -0.15) is 0 Å². The van der Waals surface area contributed by atoms with Gasteiger partial charge in [-0.05, 0) is 61.2 Å². The Bertz CT molecular complexity index is 1390. The zero-order valence-electron chi connectivity index (χ0n) is 22.2. The molecule has 5 rings (SSSR count). The largest absolute Gasteiger partial charge is 0.495 e. The van der Waals surface area contributed by atoms with Gasteiger partial charge in [0.15, 0.2) is 0 Å². The number of nitrogens with zero attached hydrogens (tertiary/aromatic N) is 4. The minimum absolute atomic E-state index is 0.102. The maximum absolute atomic E-state index is 14.4. The molecule has 2 aromatic carbocycles. The number of aromatic nitrogens is 2. The van der Waals surface area contributed by atoms with Gasteiger partial charge in [-0.15, -0.1) is 0 Å². The van der Waals surface area contributed by atoms with Crippen molar-refractivity contribution in [3.05, 3.63) is 76.6 Å². The summed E-state index contributed by atoms with van der Waals surface area (Å²) in [5.41, 5.74) is 2.12. The fraction of sp³-hybridized carbons (Fsp3) is 0.414. The van der Waals surface area contributed by atoms with E-state index in [0.717, 1.165) is 16.9 Å². The van der Waals surface area contributed by atoms with Crippen LogP contribution in [0.3, 0.4) is 0 Å². The monoisotopic (exact) mass is 554 g/mol. The number of likely N-dealkylation sites (tertiary alicyclic amines) is 2. The Labute approximate surface area is 232 Å². The first-order valence-corrected chi connectivity index (χ1v) is 13.4. The maximum atomic E-state index is 14.4. The third-order valence-electron chi connectivity index (χ3n) is 8.11. The highest BCUT2D eigenvalue weighted by molar-refractivity contribution is 6.30. The van der Waals surface area contributed by atoms with Crippen LogP contribution in [0.5, 0.6) is 5.75 Å². The molecule has 1 aromatic heterocycles. The maximum Gasteiger partial charge on any atom is 0.231 e. The quantitative estimate of drug-likeness (QED) is 0.492. The van der Waals surface area contributed by atoms with Crippen LogP contribution in [0, 0.1) is 18.2 Å².